The van der Waals surface area contributed by atoms with Crippen molar-refractivity contribution in [3.63, 3.8) is 0 Å². The first kappa shape index (κ1) is 18.4. The molecule has 19 heavy (non-hydrogen) atoms. The minimum Gasteiger partial charge on any atom is -0.460 e. The summed E-state index contributed by atoms with van der Waals surface area (Å²) in [6, 6.07) is 2.12. The number of rotatable bonds is 11. The smallest absolute Gasteiger partial charge is 0.330 e. The van der Waals surface area contributed by atoms with E-state index in [1.54, 1.807) is 0 Å². The Bertz CT molecular complexity index is 249. The van der Waals surface area contributed by atoms with Crippen LogP contribution in [-0.4, -0.2) is 26.6 Å². The first-order valence-corrected chi connectivity index (χ1v) is 9.97. The molecule has 112 valence electrons. The average Bonchev–Trinajstić information content (AvgIpc) is 2.38. The van der Waals surface area contributed by atoms with E-state index in [0.717, 1.165) is 37.8 Å². The molecular weight excluding hydrogens is 256 g/mol. The second-order valence-corrected chi connectivity index (χ2v) is 8.98. The SMILES string of the molecule is C=CC(=O)OC(CCC)[Si](CCC)(CCC)OCC. The van der Waals surface area contributed by atoms with E-state index in [1.807, 2.05) is 6.92 Å². The third-order valence-corrected chi connectivity index (χ3v) is 8.48. The molecule has 0 rings (SSSR count). The van der Waals surface area contributed by atoms with Crippen LogP contribution in [0.15, 0.2) is 12.7 Å². The number of carbonyl (C=O) groups is 1. The van der Waals surface area contributed by atoms with Gasteiger partial charge in [0.15, 0.2) is 0 Å². The van der Waals surface area contributed by atoms with Gasteiger partial charge in [-0.25, -0.2) is 4.79 Å². The maximum absolute atomic E-state index is 11.6. The third kappa shape index (κ3) is 5.91. The summed E-state index contributed by atoms with van der Waals surface area (Å²) in [6.07, 6.45) is 5.32. The number of ether oxygens (including phenoxy) is 1. The van der Waals surface area contributed by atoms with Crippen molar-refractivity contribution in [1.29, 1.82) is 0 Å². The molecule has 1 atom stereocenters. The minimum absolute atomic E-state index is 0.0390. The van der Waals surface area contributed by atoms with Crippen LogP contribution in [0.1, 0.15) is 53.4 Å². The molecule has 0 radical (unpaired) electrons. The zero-order valence-electron chi connectivity index (χ0n) is 13.0. The fraction of sp³-hybridized carbons (Fsp3) is 0.800. The summed E-state index contributed by atoms with van der Waals surface area (Å²) in [5.74, 6) is -0.317. The van der Waals surface area contributed by atoms with Crippen LogP contribution >= 0.6 is 0 Å². The number of esters is 1. The lowest BCUT2D eigenvalue weighted by molar-refractivity contribution is -0.140. The van der Waals surface area contributed by atoms with Gasteiger partial charge in [0.2, 0.25) is 8.32 Å². The van der Waals surface area contributed by atoms with Gasteiger partial charge in [-0.15, -0.1) is 0 Å². The van der Waals surface area contributed by atoms with Crippen LogP contribution in [0, 0.1) is 0 Å². The lowest BCUT2D eigenvalue weighted by Gasteiger charge is -2.37. The Hall–Kier alpha value is -0.613. The van der Waals surface area contributed by atoms with E-state index in [2.05, 4.69) is 27.4 Å². The molecule has 0 aromatic rings. The van der Waals surface area contributed by atoms with Gasteiger partial charge in [0.1, 0.15) is 5.73 Å². The highest BCUT2D eigenvalue weighted by Gasteiger charge is 2.43. The Labute approximate surface area is 119 Å². The van der Waals surface area contributed by atoms with Crippen LogP contribution in [-0.2, 0) is 14.0 Å². The molecule has 4 heteroatoms. The highest BCUT2D eigenvalue weighted by Crippen LogP contribution is 2.30. The molecule has 0 aromatic carbocycles. The summed E-state index contributed by atoms with van der Waals surface area (Å²) in [7, 11) is -2.02. The summed E-state index contributed by atoms with van der Waals surface area (Å²) < 4.78 is 11.8. The van der Waals surface area contributed by atoms with Gasteiger partial charge in [0.25, 0.3) is 0 Å². The molecule has 0 amide bonds. The Kier molecular flexibility index (Phi) is 9.88. The highest BCUT2D eigenvalue weighted by atomic mass is 28.4. The molecule has 0 aliphatic rings. The molecule has 0 spiro atoms. The normalized spacial score (nSPS) is 13.1. The summed E-state index contributed by atoms with van der Waals surface area (Å²) in [5.41, 5.74) is -0.0390. The topological polar surface area (TPSA) is 35.5 Å². The van der Waals surface area contributed by atoms with Crippen LogP contribution < -0.4 is 0 Å². The van der Waals surface area contributed by atoms with Gasteiger partial charge in [-0.2, -0.15) is 0 Å². The number of carbonyl (C=O) groups excluding carboxylic acids is 1. The van der Waals surface area contributed by atoms with Gasteiger partial charge < -0.3 is 9.16 Å². The van der Waals surface area contributed by atoms with Crippen molar-refractivity contribution in [1.82, 2.24) is 0 Å². The molecule has 0 saturated carbocycles. The maximum atomic E-state index is 11.6. The average molecular weight is 286 g/mol. The Balaban J connectivity index is 5.16. The van der Waals surface area contributed by atoms with Crippen molar-refractivity contribution in [2.24, 2.45) is 0 Å². The predicted octanol–water partition coefficient (Wildman–Crippen LogP) is 4.23. The molecule has 0 heterocycles. The van der Waals surface area contributed by atoms with E-state index >= 15 is 0 Å². The maximum Gasteiger partial charge on any atom is 0.330 e. The summed E-state index contributed by atoms with van der Waals surface area (Å²) in [4.78, 5) is 11.6. The molecule has 0 aliphatic heterocycles. The predicted molar refractivity (Wildman–Crippen MR) is 82.6 cm³/mol. The molecule has 0 aromatic heterocycles. The number of hydrogen-bond donors (Lipinski definition) is 0. The fourth-order valence-electron chi connectivity index (χ4n) is 2.70. The van der Waals surface area contributed by atoms with Gasteiger partial charge in [-0.3, -0.25) is 0 Å². The van der Waals surface area contributed by atoms with Crippen molar-refractivity contribution in [3.8, 4) is 0 Å². The molecule has 3 nitrogen and oxygen atoms in total. The molecule has 0 fully saturated rings. The van der Waals surface area contributed by atoms with Crippen LogP contribution in [0.3, 0.4) is 0 Å². The Morgan fingerprint density at radius 1 is 1.16 bits per heavy atom. The molecular formula is C15H30O3Si. The number of hydrogen-bond acceptors (Lipinski definition) is 3. The summed E-state index contributed by atoms with van der Waals surface area (Å²) in [5, 5.41) is 0. The van der Waals surface area contributed by atoms with Gasteiger partial charge in [0, 0.05) is 12.7 Å². The van der Waals surface area contributed by atoms with Crippen molar-refractivity contribution in [2.45, 2.75) is 71.2 Å². The monoisotopic (exact) mass is 286 g/mol. The fourth-order valence-corrected chi connectivity index (χ4v) is 7.48. The van der Waals surface area contributed by atoms with E-state index in [0.29, 0.717) is 6.61 Å². The third-order valence-electron chi connectivity index (χ3n) is 3.34. The lowest BCUT2D eigenvalue weighted by atomic mass is 10.3. The van der Waals surface area contributed by atoms with Crippen molar-refractivity contribution in [2.75, 3.05) is 6.61 Å². The van der Waals surface area contributed by atoms with Gasteiger partial charge >= 0.3 is 5.97 Å². The molecule has 0 bridgehead atoms. The van der Waals surface area contributed by atoms with Crippen LogP contribution in [0.25, 0.3) is 0 Å². The van der Waals surface area contributed by atoms with Crippen LogP contribution in [0.4, 0.5) is 0 Å². The zero-order chi connectivity index (χ0) is 14.7. The summed E-state index contributed by atoms with van der Waals surface area (Å²) in [6.45, 7) is 12.7. The minimum atomic E-state index is -2.02. The molecule has 0 saturated heterocycles. The first-order chi connectivity index (χ1) is 9.10. The van der Waals surface area contributed by atoms with Crippen LogP contribution in [0.5, 0.6) is 0 Å². The van der Waals surface area contributed by atoms with Gasteiger partial charge in [-0.1, -0.05) is 46.6 Å². The molecule has 0 N–H and O–H groups in total. The highest BCUT2D eigenvalue weighted by molar-refractivity contribution is 6.75. The Morgan fingerprint density at radius 2 is 1.74 bits per heavy atom. The second kappa shape index (κ2) is 10.2. The Morgan fingerprint density at radius 3 is 2.11 bits per heavy atom. The quantitative estimate of drug-likeness (QED) is 0.324. The van der Waals surface area contributed by atoms with Crippen LogP contribution in [0.2, 0.25) is 12.1 Å². The van der Waals surface area contributed by atoms with Crippen molar-refractivity contribution in [3.05, 3.63) is 12.7 Å². The van der Waals surface area contributed by atoms with E-state index in [1.165, 1.54) is 6.08 Å². The lowest BCUT2D eigenvalue weighted by Crippen LogP contribution is -2.52. The van der Waals surface area contributed by atoms with E-state index in [-0.39, 0.29) is 11.7 Å². The van der Waals surface area contributed by atoms with E-state index in [4.69, 9.17) is 9.16 Å². The van der Waals surface area contributed by atoms with Gasteiger partial charge in [-0.05, 0) is 25.4 Å². The van der Waals surface area contributed by atoms with E-state index < -0.39 is 8.32 Å². The van der Waals surface area contributed by atoms with Crippen molar-refractivity contribution >= 4 is 14.3 Å². The van der Waals surface area contributed by atoms with Crippen molar-refractivity contribution < 1.29 is 14.0 Å². The molecule has 0 aliphatic carbocycles. The standard InChI is InChI=1S/C15H30O3Si/c1-6-11-15(18-14(16)9-4)19(12-7-2,13-8-3)17-10-5/h9,15H,4,6-8,10-13H2,1-3,5H3. The van der Waals surface area contributed by atoms with Gasteiger partial charge in [0.05, 0.1) is 0 Å². The first-order valence-electron chi connectivity index (χ1n) is 7.57. The molecule has 1 unspecified atom stereocenters. The zero-order valence-corrected chi connectivity index (χ0v) is 14.0. The largest absolute Gasteiger partial charge is 0.460 e. The second-order valence-electron chi connectivity index (χ2n) is 4.92. The van der Waals surface area contributed by atoms with E-state index in [9.17, 15) is 4.79 Å². The summed E-state index contributed by atoms with van der Waals surface area (Å²) >= 11 is 0.